The van der Waals surface area contributed by atoms with Gasteiger partial charge in [0.05, 0.1) is 19.3 Å². The van der Waals surface area contributed by atoms with Gasteiger partial charge >= 0.3 is 5.97 Å². The number of nitrogens with one attached hydrogen (secondary N) is 1. The molecular weight excluding hydrogens is 236 g/mol. The predicted molar refractivity (Wildman–Crippen MR) is 63.4 cm³/mol. The van der Waals surface area contributed by atoms with E-state index in [1.807, 2.05) is 0 Å². The van der Waals surface area contributed by atoms with Gasteiger partial charge in [0.2, 0.25) is 0 Å². The van der Waals surface area contributed by atoms with E-state index in [0.717, 1.165) is 32.7 Å². The molecule has 1 saturated heterocycles. The molecule has 0 saturated carbocycles. The average molecular weight is 254 g/mol. The third kappa shape index (κ3) is 3.78. The van der Waals surface area contributed by atoms with Crippen LogP contribution in [0.1, 0.15) is 23.3 Å². The monoisotopic (exact) mass is 254 g/mol. The Morgan fingerprint density at radius 2 is 2.56 bits per heavy atom. The quantitative estimate of drug-likeness (QED) is 0.694. The number of ether oxygens (including phenoxy) is 1. The first-order valence-corrected chi connectivity index (χ1v) is 6.17. The highest BCUT2D eigenvalue weighted by Gasteiger charge is 2.13. The van der Waals surface area contributed by atoms with E-state index in [1.165, 1.54) is 17.3 Å². The molecule has 0 spiro atoms. The number of aromatic carboxylic acids is 1. The molecule has 7 heteroatoms. The van der Waals surface area contributed by atoms with Gasteiger partial charge in [-0.3, -0.25) is 4.68 Å². The minimum atomic E-state index is -1.05. The fraction of sp³-hybridized carbons (Fsp3) is 0.727. The van der Waals surface area contributed by atoms with Crippen LogP contribution < -0.4 is 5.32 Å². The van der Waals surface area contributed by atoms with Crippen molar-refractivity contribution in [2.24, 2.45) is 5.92 Å². The lowest BCUT2D eigenvalue weighted by Crippen LogP contribution is -2.31. The highest BCUT2D eigenvalue weighted by molar-refractivity contribution is 5.84. The fourth-order valence-corrected chi connectivity index (χ4v) is 1.97. The molecule has 7 nitrogen and oxygen atoms in total. The van der Waals surface area contributed by atoms with Gasteiger partial charge in [-0.1, -0.05) is 5.21 Å². The molecule has 2 N–H and O–H groups in total. The van der Waals surface area contributed by atoms with Gasteiger partial charge in [-0.15, -0.1) is 5.10 Å². The van der Waals surface area contributed by atoms with Crippen LogP contribution in [0.3, 0.4) is 0 Å². The van der Waals surface area contributed by atoms with Gasteiger partial charge in [-0.2, -0.15) is 0 Å². The molecule has 1 unspecified atom stereocenters. The first-order chi connectivity index (χ1) is 8.75. The number of aromatic nitrogens is 3. The summed E-state index contributed by atoms with van der Waals surface area (Å²) in [5, 5.41) is 19.3. The zero-order chi connectivity index (χ0) is 12.8. The summed E-state index contributed by atoms with van der Waals surface area (Å²) >= 11 is 0. The van der Waals surface area contributed by atoms with Crippen molar-refractivity contribution in [2.75, 3.05) is 26.3 Å². The minimum absolute atomic E-state index is 0.0179. The first kappa shape index (κ1) is 13.0. The largest absolute Gasteiger partial charge is 0.476 e. The number of hydrogen-bond acceptors (Lipinski definition) is 5. The summed E-state index contributed by atoms with van der Waals surface area (Å²) in [7, 11) is 0. The SMILES string of the molecule is O=C(O)c1cn(CCNCC2CCCOC2)nn1. The maximum Gasteiger partial charge on any atom is 0.358 e. The van der Waals surface area contributed by atoms with Crippen LogP contribution in [-0.2, 0) is 11.3 Å². The van der Waals surface area contributed by atoms with Crippen molar-refractivity contribution in [3.8, 4) is 0 Å². The lowest BCUT2D eigenvalue weighted by Gasteiger charge is -2.22. The molecule has 1 atom stereocenters. The summed E-state index contributed by atoms with van der Waals surface area (Å²) in [6.07, 6.45) is 3.78. The lowest BCUT2D eigenvalue weighted by molar-refractivity contribution is 0.0548. The van der Waals surface area contributed by atoms with E-state index in [9.17, 15) is 4.79 Å². The van der Waals surface area contributed by atoms with Crippen molar-refractivity contribution < 1.29 is 14.6 Å². The Morgan fingerprint density at radius 3 is 3.22 bits per heavy atom. The van der Waals surface area contributed by atoms with Gasteiger partial charge in [0.15, 0.2) is 5.69 Å². The van der Waals surface area contributed by atoms with Crippen LogP contribution >= 0.6 is 0 Å². The van der Waals surface area contributed by atoms with E-state index in [4.69, 9.17) is 9.84 Å². The van der Waals surface area contributed by atoms with E-state index in [0.29, 0.717) is 12.5 Å². The van der Waals surface area contributed by atoms with Crippen molar-refractivity contribution in [3.05, 3.63) is 11.9 Å². The fourth-order valence-electron chi connectivity index (χ4n) is 1.97. The van der Waals surface area contributed by atoms with Crippen molar-refractivity contribution >= 4 is 5.97 Å². The molecule has 0 aromatic carbocycles. The summed E-state index contributed by atoms with van der Waals surface area (Å²) in [6.45, 7) is 4.01. The predicted octanol–water partition coefficient (Wildman–Crippen LogP) is -0.00750. The van der Waals surface area contributed by atoms with Crippen molar-refractivity contribution in [1.29, 1.82) is 0 Å². The highest BCUT2D eigenvalue weighted by atomic mass is 16.5. The van der Waals surface area contributed by atoms with E-state index in [1.54, 1.807) is 0 Å². The molecule has 2 rings (SSSR count). The Balaban J connectivity index is 1.63. The molecule has 0 aliphatic carbocycles. The molecule has 1 fully saturated rings. The molecule has 1 aromatic rings. The van der Waals surface area contributed by atoms with Crippen LogP contribution in [0.2, 0.25) is 0 Å². The van der Waals surface area contributed by atoms with Crippen LogP contribution in [0, 0.1) is 5.92 Å². The van der Waals surface area contributed by atoms with Crippen LogP contribution in [0.4, 0.5) is 0 Å². The molecule has 0 bridgehead atoms. The Morgan fingerprint density at radius 1 is 1.67 bits per heavy atom. The van der Waals surface area contributed by atoms with E-state index in [-0.39, 0.29) is 5.69 Å². The molecule has 100 valence electrons. The molecule has 18 heavy (non-hydrogen) atoms. The van der Waals surface area contributed by atoms with E-state index < -0.39 is 5.97 Å². The molecule has 1 aromatic heterocycles. The Hall–Kier alpha value is -1.47. The molecular formula is C11H18N4O3. The standard InChI is InChI=1S/C11H18N4O3/c16-11(17)10-7-15(14-13-10)4-3-12-6-9-2-1-5-18-8-9/h7,9,12H,1-6,8H2,(H,16,17). The normalized spacial score (nSPS) is 19.9. The molecule has 1 aliphatic heterocycles. The molecule has 0 radical (unpaired) electrons. The van der Waals surface area contributed by atoms with E-state index in [2.05, 4.69) is 15.6 Å². The zero-order valence-electron chi connectivity index (χ0n) is 10.2. The number of rotatable bonds is 6. The summed E-state index contributed by atoms with van der Waals surface area (Å²) < 4.78 is 6.93. The summed E-state index contributed by atoms with van der Waals surface area (Å²) in [4.78, 5) is 10.6. The van der Waals surface area contributed by atoms with Crippen molar-refractivity contribution in [3.63, 3.8) is 0 Å². The summed E-state index contributed by atoms with van der Waals surface area (Å²) in [6, 6.07) is 0. The van der Waals surface area contributed by atoms with Crippen LogP contribution in [0.15, 0.2) is 6.20 Å². The summed E-state index contributed by atoms with van der Waals surface area (Å²) in [5.74, 6) is -0.461. The van der Waals surface area contributed by atoms with Crippen LogP contribution in [-0.4, -0.2) is 52.4 Å². The number of carboxylic acids is 1. The molecule has 2 heterocycles. The van der Waals surface area contributed by atoms with Gasteiger partial charge in [-0.05, 0) is 18.8 Å². The van der Waals surface area contributed by atoms with Crippen LogP contribution in [0.25, 0.3) is 0 Å². The molecule has 0 amide bonds. The number of carboxylic acid groups (broad SMARTS) is 1. The number of carbonyl (C=O) groups is 1. The maximum atomic E-state index is 10.6. The Labute approximate surface area is 105 Å². The third-order valence-electron chi connectivity index (χ3n) is 2.96. The average Bonchev–Trinajstić information content (AvgIpc) is 2.85. The van der Waals surface area contributed by atoms with Crippen molar-refractivity contribution in [2.45, 2.75) is 19.4 Å². The zero-order valence-corrected chi connectivity index (χ0v) is 10.2. The molecule has 1 aliphatic rings. The van der Waals surface area contributed by atoms with Gasteiger partial charge in [0.1, 0.15) is 0 Å². The van der Waals surface area contributed by atoms with Gasteiger partial charge in [-0.25, -0.2) is 4.79 Å². The Bertz CT molecular complexity index is 387. The minimum Gasteiger partial charge on any atom is -0.476 e. The van der Waals surface area contributed by atoms with Crippen molar-refractivity contribution in [1.82, 2.24) is 20.3 Å². The van der Waals surface area contributed by atoms with Gasteiger partial charge in [0.25, 0.3) is 0 Å². The highest BCUT2D eigenvalue weighted by Crippen LogP contribution is 2.11. The first-order valence-electron chi connectivity index (χ1n) is 6.17. The smallest absolute Gasteiger partial charge is 0.358 e. The number of hydrogen-bond donors (Lipinski definition) is 2. The second kappa shape index (κ2) is 6.46. The lowest BCUT2D eigenvalue weighted by atomic mass is 10.0. The second-order valence-corrected chi connectivity index (χ2v) is 4.46. The maximum absolute atomic E-state index is 10.6. The van der Waals surface area contributed by atoms with E-state index >= 15 is 0 Å². The van der Waals surface area contributed by atoms with Crippen LogP contribution in [0.5, 0.6) is 0 Å². The van der Waals surface area contributed by atoms with Gasteiger partial charge in [0, 0.05) is 19.7 Å². The van der Waals surface area contributed by atoms with Gasteiger partial charge < -0.3 is 15.2 Å². The Kier molecular flexibility index (Phi) is 4.66. The topological polar surface area (TPSA) is 89.3 Å². The number of nitrogens with zero attached hydrogens (tertiary/aromatic N) is 3. The summed E-state index contributed by atoms with van der Waals surface area (Å²) in [5.41, 5.74) is -0.0179. The second-order valence-electron chi connectivity index (χ2n) is 4.46. The third-order valence-corrected chi connectivity index (χ3v) is 2.96.